The molecule has 2 N–H and O–H groups in total. The molecule has 0 aliphatic carbocycles. The number of aliphatic hydroxyl groups excluding tert-OH is 2. The van der Waals surface area contributed by atoms with Crippen molar-refractivity contribution in [3.63, 3.8) is 0 Å². The summed E-state index contributed by atoms with van der Waals surface area (Å²) in [6, 6.07) is 0. The molecule has 0 saturated carbocycles. The van der Waals surface area contributed by atoms with Gasteiger partial charge in [-0.3, -0.25) is 14.3 Å². The van der Waals surface area contributed by atoms with Crippen LogP contribution in [0.5, 0.6) is 0 Å². The number of carbonyl (C=O) groups excluding carboxylic acids is 1. The van der Waals surface area contributed by atoms with Crippen LogP contribution in [0, 0.1) is 0 Å². The molecule has 0 rings (SSSR count). The Bertz CT molecular complexity index is 504. The van der Waals surface area contributed by atoms with Crippen molar-refractivity contribution < 1.29 is 43.0 Å². The van der Waals surface area contributed by atoms with Crippen molar-refractivity contribution in [3.05, 3.63) is 12.7 Å². The standard InChI is InChI=1S/C19H38NO9P/c1-4-5-6-7-8-9-10-11-19(23)26-14-18(29-17(2)22)15-28-30(24,25)27-13-12-20(3)16-21/h4,17-18,21-22H,1,5-16H2,2-3H3,(H,24,25)/p-1. The molecule has 3 unspecified atom stereocenters. The fraction of sp³-hybridized carbons (Fsp3) is 0.842. The molecule has 0 aliphatic heterocycles. The van der Waals surface area contributed by atoms with Gasteiger partial charge in [0.05, 0.1) is 19.9 Å². The molecule has 0 saturated heterocycles. The van der Waals surface area contributed by atoms with Crippen LogP contribution in [0.2, 0.25) is 0 Å². The monoisotopic (exact) mass is 454 g/mol. The van der Waals surface area contributed by atoms with E-state index in [-0.39, 0.29) is 32.9 Å². The van der Waals surface area contributed by atoms with Gasteiger partial charge in [-0.05, 0) is 33.2 Å². The molecule has 30 heavy (non-hydrogen) atoms. The number of rotatable bonds is 20. The normalized spacial score (nSPS) is 15.5. The van der Waals surface area contributed by atoms with E-state index in [4.69, 9.17) is 19.1 Å². The van der Waals surface area contributed by atoms with E-state index in [0.717, 1.165) is 32.1 Å². The van der Waals surface area contributed by atoms with E-state index >= 15 is 0 Å². The van der Waals surface area contributed by atoms with E-state index in [2.05, 4.69) is 11.1 Å². The van der Waals surface area contributed by atoms with Gasteiger partial charge < -0.3 is 33.6 Å². The maximum Gasteiger partial charge on any atom is 0.305 e. The number of aliphatic hydroxyl groups is 2. The molecule has 0 radical (unpaired) electrons. The first kappa shape index (κ1) is 29.2. The Balaban J connectivity index is 4.18. The Morgan fingerprint density at radius 3 is 2.50 bits per heavy atom. The third-order valence-electron chi connectivity index (χ3n) is 3.99. The van der Waals surface area contributed by atoms with E-state index in [0.29, 0.717) is 6.42 Å². The first-order valence-electron chi connectivity index (χ1n) is 10.2. The summed E-state index contributed by atoms with van der Waals surface area (Å²) < 4.78 is 31.4. The van der Waals surface area contributed by atoms with E-state index < -0.39 is 32.8 Å². The summed E-state index contributed by atoms with van der Waals surface area (Å²) in [6.07, 6.45) is 5.82. The molecular formula is C19H37NO9P-. The Kier molecular flexibility index (Phi) is 17.3. The molecule has 11 heteroatoms. The molecule has 0 aromatic rings. The average molecular weight is 454 g/mol. The van der Waals surface area contributed by atoms with Crippen LogP contribution in [0.4, 0.5) is 0 Å². The van der Waals surface area contributed by atoms with Gasteiger partial charge in [0, 0.05) is 13.0 Å². The minimum atomic E-state index is -4.60. The summed E-state index contributed by atoms with van der Waals surface area (Å²) in [5, 5.41) is 18.2. The summed E-state index contributed by atoms with van der Waals surface area (Å²) in [6.45, 7) is 4.05. The molecule has 0 heterocycles. The number of hydrogen-bond donors (Lipinski definition) is 2. The van der Waals surface area contributed by atoms with Gasteiger partial charge >= 0.3 is 5.97 Å². The zero-order chi connectivity index (χ0) is 22.8. The van der Waals surface area contributed by atoms with Crippen LogP contribution in [0.3, 0.4) is 0 Å². The third-order valence-corrected chi connectivity index (χ3v) is 4.96. The van der Waals surface area contributed by atoms with Gasteiger partial charge in [0.15, 0.2) is 6.29 Å². The second-order valence-corrected chi connectivity index (χ2v) is 8.34. The van der Waals surface area contributed by atoms with Gasteiger partial charge in [-0.15, -0.1) is 6.58 Å². The summed E-state index contributed by atoms with van der Waals surface area (Å²) in [5.41, 5.74) is 0. The Hall–Kier alpha value is -0.840. The predicted molar refractivity (Wildman–Crippen MR) is 109 cm³/mol. The molecule has 0 bridgehead atoms. The largest absolute Gasteiger partial charge is 0.756 e. The summed E-state index contributed by atoms with van der Waals surface area (Å²) >= 11 is 0. The van der Waals surface area contributed by atoms with Crippen LogP contribution in [-0.2, 0) is 27.9 Å². The van der Waals surface area contributed by atoms with Crippen molar-refractivity contribution in [2.45, 2.75) is 64.3 Å². The molecular weight excluding hydrogens is 417 g/mol. The van der Waals surface area contributed by atoms with Gasteiger partial charge in [0.1, 0.15) is 12.7 Å². The second kappa shape index (κ2) is 17.8. The lowest BCUT2D eigenvalue weighted by molar-refractivity contribution is -0.231. The molecule has 0 aromatic carbocycles. The lowest BCUT2D eigenvalue weighted by Crippen LogP contribution is -2.31. The van der Waals surface area contributed by atoms with Gasteiger partial charge in [-0.1, -0.05) is 25.3 Å². The van der Waals surface area contributed by atoms with Crippen LogP contribution >= 0.6 is 7.82 Å². The first-order valence-corrected chi connectivity index (χ1v) is 11.7. The number of unbranched alkanes of at least 4 members (excludes halogenated alkanes) is 5. The summed E-state index contributed by atoms with van der Waals surface area (Å²) in [4.78, 5) is 25.1. The molecule has 10 nitrogen and oxygen atoms in total. The van der Waals surface area contributed by atoms with Crippen molar-refractivity contribution in [3.8, 4) is 0 Å². The van der Waals surface area contributed by atoms with E-state index in [1.807, 2.05) is 6.08 Å². The van der Waals surface area contributed by atoms with Gasteiger partial charge in [-0.25, -0.2) is 0 Å². The number of nitrogens with zero attached hydrogens (tertiary/aromatic N) is 1. The third kappa shape index (κ3) is 18.0. The highest BCUT2D eigenvalue weighted by molar-refractivity contribution is 7.45. The fourth-order valence-corrected chi connectivity index (χ4v) is 3.07. The molecule has 0 fully saturated rings. The highest BCUT2D eigenvalue weighted by Crippen LogP contribution is 2.38. The molecule has 0 aliphatic rings. The maximum atomic E-state index is 11.8. The number of phosphoric ester groups is 1. The second-order valence-electron chi connectivity index (χ2n) is 6.93. The van der Waals surface area contributed by atoms with E-state index in [9.17, 15) is 19.4 Å². The number of carbonyl (C=O) groups is 1. The number of hydrogen-bond acceptors (Lipinski definition) is 10. The number of phosphoric acid groups is 1. The number of ether oxygens (including phenoxy) is 2. The number of esters is 1. The minimum absolute atomic E-state index is 0.186. The Morgan fingerprint density at radius 2 is 1.87 bits per heavy atom. The van der Waals surface area contributed by atoms with Gasteiger partial charge in [0.2, 0.25) is 0 Å². The minimum Gasteiger partial charge on any atom is -0.756 e. The first-order chi connectivity index (χ1) is 14.2. The Labute approximate surface area is 179 Å². The quantitative estimate of drug-likeness (QED) is 0.0916. The zero-order valence-corrected chi connectivity index (χ0v) is 19.0. The maximum absolute atomic E-state index is 11.8. The van der Waals surface area contributed by atoms with Crippen LogP contribution < -0.4 is 4.89 Å². The molecule has 0 spiro atoms. The van der Waals surface area contributed by atoms with Crippen molar-refractivity contribution in [1.29, 1.82) is 0 Å². The molecule has 3 atom stereocenters. The van der Waals surface area contributed by atoms with Crippen LogP contribution in [0.25, 0.3) is 0 Å². The van der Waals surface area contributed by atoms with Gasteiger partial charge in [0.25, 0.3) is 7.82 Å². The summed E-state index contributed by atoms with van der Waals surface area (Å²) in [5.74, 6) is -0.422. The highest BCUT2D eigenvalue weighted by atomic mass is 31.2. The molecule has 0 aromatic heterocycles. The number of likely N-dealkylation sites (N-methyl/N-ethyl adjacent to an activating group) is 1. The van der Waals surface area contributed by atoms with Crippen LogP contribution in [0.1, 0.15) is 51.9 Å². The average Bonchev–Trinajstić information content (AvgIpc) is 2.68. The van der Waals surface area contributed by atoms with Crippen LogP contribution in [-0.4, -0.2) is 73.6 Å². The van der Waals surface area contributed by atoms with Crippen molar-refractivity contribution >= 4 is 13.8 Å². The van der Waals surface area contributed by atoms with Crippen molar-refractivity contribution in [2.24, 2.45) is 0 Å². The smallest absolute Gasteiger partial charge is 0.305 e. The predicted octanol–water partition coefficient (Wildman–Crippen LogP) is 1.55. The zero-order valence-electron chi connectivity index (χ0n) is 18.1. The Morgan fingerprint density at radius 1 is 1.20 bits per heavy atom. The van der Waals surface area contributed by atoms with Crippen molar-refractivity contribution in [1.82, 2.24) is 4.90 Å². The van der Waals surface area contributed by atoms with Crippen LogP contribution in [0.15, 0.2) is 12.7 Å². The lowest BCUT2D eigenvalue weighted by Gasteiger charge is -2.26. The van der Waals surface area contributed by atoms with Gasteiger partial charge in [-0.2, -0.15) is 0 Å². The van der Waals surface area contributed by atoms with E-state index in [1.165, 1.54) is 11.8 Å². The van der Waals surface area contributed by atoms with Crippen molar-refractivity contribution in [2.75, 3.05) is 40.1 Å². The SMILES string of the molecule is C=CCCCCCCCC(=O)OCC(COP(=O)([O-])OCCN(C)CO)OC(C)O. The summed E-state index contributed by atoms with van der Waals surface area (Å²) in [7, 11) is -3.02. The lowest BCUT2D eigenvalue weighted by atomic mass is 10.1. The fourth-order valence-electron chi connectivity index (χ4n) is 2.34. The number of allylic oxidation sites excluding steroid dienone is 1. The molecule has 178 valence electrons. The highest BCUT2D eigenvalue weighted by Gasteiger charge is 2.19. The topological polar surface area (TPSA) is 138 Å². The van der Waals surface area contributed by atoms with E-state index in [1.54, 1.807) is 7.05 Å². The molecule has 0 amide bonds.